The molecular formula is C6H11N. The van der Waals surface area contributed by atoms with E-state index in [0.29, 0.717) is 0 Å². The van der Waals surface area contributed by atoms with E-state index >= 15 is 0 Å². The third kappa shape index (κ3) is 0.763. The zero-order chi connectivity index (χ0) is 5.28. The summed E-state index contributed by atoms with van der Waals surface area (Å²) in [4.78, 5) is 2.21. The van der Waals surface area contributed by atoms with Crippen molar-refractivity contribution in [1.82, 2.24) is 4.90 Å². The van der Waals surface area contributed by atoms with Gasteiger partial charge in [0.25, 0.3) is 0 Å². The Labute approximate surface area is 44.6 Å². The Hall–Kier alpha value is -0.460. The molecule has 0 radical (unpaired) electrons. The molecule has 1 heterocycles. The lowest BCUT2D eigenvalue weighted by molar-refractivity contribution is 0.483. The molecular weight excluding hydrogens is 86.1 g/mol. The molecule has 0 saturated carbocycles. The van der Waals surface area contributed by atoms with E-state index in [-0.39, 0.29) is 0 Å². The van der Waals surface area contributed by atoms with Gasteiger partial charge in [0, 0.05) is 19.3 Å². The number of rotatable bonds is 0. The second kappa shape index (κ2) is 1.57. The molecule has 1 aliphatic heterocycles. The van der Waals surface area contributed by atoms with Crippen LogP contribution in [0.4, 0.5) is 0 Å². The molecule has 1 heteroatoms. The summed E-state index contributed by atoms with van der Waals surface area (Å²) in [6.07, 6.45) is 2.51. The van der Waals surface area contributed by atoms with Crippen LogP contribution < -0.4 is 0 Å². The molecule has 0 amide bonds. The lowest BCUT2D eigenvalue weighted by Crippen LogP contribution is -2.08. The fraction of sp³-hybridized carbons (Fsp3) is 0.667. The molecule has 0 aliphatic carbocycles. The highest BCUT2D eigenvalue weighted by atomic mass is 15.1. The van der Waals surface area contributed by atoms with Crippen molar-refractivity contribution in [3.05, 3.63) is 12.3 Å². The van der Waals surface area contributed by atoms with Gasteiger partial charge in [0.15, 0.2) is 0 Å². The molecule has 1 nitrogen and oxygen atoms in total. The predicted molar refractivity (Wildman–Crippen MR) is 31.0 cm³/mol. The summed E-state index contributed by atoms with van der Waals surface area (Å²) >= 11 is 0. The molecule has 0 N–H and O–H groups in total. The Balaban J connectivity index is 2.48. The van der Waals surface area contributed by atoms with Crippen molar-refractivity contribution >= 4 is 0 Å². The van der Waals surface area contributed by atoms with E-state index in [9.17, 15) is 0 Å². The number of hydrogen-bond acceptors (Lipinski definition) is 1. The first kappa shape index (κ1) is 4.69. The fourth-order valence-electron chi connectivity index (χ4n) is 0.869. The van der Waals surface area contributed by atoms with Gasteiger partial charge in [-0.2, -0.15) is 0 Å². The Morgan fingerprint density at radius 2 is 2.43 bits per heavy atom. The first-order valence-corrected chi connectivity index (χ1v) is 2.69. The van der Waals surface area contributed by atoms with Gasteiger partial charge in [0.2, 0.25) is 0 Å². The van der Waals surface area contributed by atoms with Gasteiger partial charge in [-0.25, -0.2) is 0 Å². The molecule has 0 aromatic carbocycles. The van der Waals surface area contributed by atoms with Gasteiger partial charge in [-0.1, -0.05) is 6.58 Å². The largest absolute Gasteiger partial charge is 0.378 e. The summed E-state index contributed by atoms with van der Waals surface area (Å²) in [6.45, 7) is 5.07. The molecule has 0 atom stereocenters. The smallest absolute Gasteiger partial charge is 0.0175 e. The molecule has 40 valence electrons. The van der Waals surface area contributed by atoms with E-state index in [1.54, 1.807) is 0 Å². The van der Waals surface area contributed by atoms with Crippen LogP contribution in [0.3, 0.4) is 0 Å². The van der Waals surface area contributed by atoms with Crippen molar-refractivity contribution in [2.75, 3.05) is 13.6 Å². The molecule has 0 bridgehead atoms. The number of likely N-dealkylation sites (tertiary alicyclic amines) is 1. The Morgan fingerprint density at radius 1 is 1.71 bits per heavy atom. The van der Waals surface area contributed by atoms with Crippen LogP contribution in [0.2, 0.25) is 0 Å². The topological polar surface area (TPSA) is 3.24 Å². The highest BCUT2D eigenvalue weighted by Gasteiger charge is 2.07. The predicted octanol–water partition coefficient (Wildman–Crippen LogP) is 1.23. The summed E-state index contributed by atoms with van der Waals surface area (Å²) in [5.41, 5.74) is 1.29. The van der Waals surface area contributed by atoms with E-state index in [4.69, 9.17) is 0 Å². The van der Waals surface area contributed by atoms with E-state index in [0.717, 1.165) is 0 Å². The van der Waals surface area contributed by atoms with Gasteiger partial charge in [-0.05, 0) is 12.8 Å². The summed E-state index contributed by atoms with van der Waals surface area (Å²) in [5, 5.41) is 0. The van der Waals surface area contributed by atoms with Crippen molar-refractivity contribution < 1.29 is 0 Å². The van der Waals surface area contributed by atoms with Crippen molar-refractivity contribution in [3.8, 4) is 0 Å². The lowest BCUT2D eigenvalue weighted by Gasteiger charge is -2.08. The van der Waals surface area contributed by atoms with Crippen molar-refractivity contribution in [2.24, 2.45) is 0 Å². The monoisotopic (exact) mass is 97.1 g/mol. The van der Waals surface area contributed by atoms with Crippen LogP contribution in [0, 0.1) is 0 Å². The molecule has 1 aliphatic rings. The Morgan fingerprint density at radius 3 is 2.57 bits per heavy atom. The first-order valence-electron chi connectivity index (χ1n) is 2.69. The highest BCUT2D eigenvalue weighted by Crippen LogP contribution is 2.14. The minimum atomic E-state index is 1.20. The molecule has 0 spiro atoms. The van der Waals surface area contributed by atoms with Gasteiger partial charge in [0.05, 0.1) is 0 Å². The lowest BCUT2D eigenvalue weighted by atomic mass is 10.3. The SMILES string of the molecule is C=C1CCCN1C. The summed E-state index contributed by atoms with van der Waals surface area (Å²) in [6, 6.07) is 0. The van der Waals surface area contributed by atoms with E-state index in [2.05, 4.69) is 18.5 Å². The van der Waals surface area contributed by atoms with Gasteiger partial charge < -0.3 is 4.90 Å². The number of hydrogen-bond donors (Lipinski definition) is 0. The highest BCUT2D eigenvalue weighted by molar-refractivity contribution is 4.97. The molecule has 0 unspecified atom stereocenters. The fourth-order valence-corrected chi connectivity index (χ4v) is 0.869. The van der Waals surface area contributed by atoms with Crippen molar-refractivity contribution in [2.45, 2.75) is 12.8 Å². The van der Waals surface area contributed by atoms with Crippen LogP contribution in [0.1, 0.15) is 12.8 Å². The van der Waals surface area contributed by atoms with Gasteiger partial charge >= 0.3 is 0 Å². The quantitative estimate of drug-likeness (QED) is 0.439. The average molecular weight is 97.2 g/mol. The van der Waals surface area contributed by atoms with Crippen LogP contribution in [0.25, 0.3) is 0 Å². The first-order chi connectivity index (χ1) is 3.30. The van der Waals surface area contributed by atoms with E-state index in [1.807, 2.05) is 0 Å². The Kier molecular flexibility index (Phi) is 1.05. The third-order valence-electron chi connectivity index (χ3n) is 1.50. The van der Waals surface area contributed by atoms with Crippen molar-refractivity contribution in [1.29, 1.82) is 0 Å². The maximum absolute atomic E-state index is 3.86. The summed E-state index contributed by atoms with van der Waals surface area (Å²) < 4.78 is 0. The molecule has 0 aromatic heterocycles. The molecule has 1 fully saturated rings. The van der Waals surface area contributed by atoms with Crippen LogP contribution in [-0.2, 0) is 0 Å². The zero-order valence-corrected chi connectivity index (χ0v) is 4.78. The summed E-state index contributed by atoms with van der Waals surface area (Å²) in [5.74, 6) is 0. The number of nitrogens with zero attached hydrogens (tertiary/aromatic N) is 1. The second-order valence-electron chi connectivity index (χ2n) is 2.09. The average Bonchev–Trinajstić information content (AvgIpc) is 1.91. The maximum Gasteiger partial charge on any atom is 0.0175 e. The standard InChI is InChI=1S/C6H11N/c1-6-4-3-5-7(6)2/h1,3-5H2,2H3. The third-order valence-corrected chi connectivity index (χ3v) is 1.50. The van der Waals surface area contributed by atoms with Crippen LogP contribution >= 0.6 is 0 Å². The van der Waals surface area contributed by atoms with E-state index < -0.39 is 0 Å². The number of allylic oxidation sites excluding steroid dienone is 1. The molecule has 7 heavy (non-hydrogen) atoms. The molecule has 0 aromatic rings. The van der Waals surface area contributed by atoms with Gasteiger partial charge in [-0.15, -0.1) is 0 Å². The van der Waals surface area contributed by atoms with Crippen LogP contribution in [0.15, 0.2) is 12.3 Å². The normalized spacial score (nSPS) is 21.3. The van der Waals surface area contributed by atoms with Crippen LogP contribution in [0.5, 0.6) is 0 Å². The van der Waals surface area contributed by atoms with Gasteiger partial charge in [-0.3, -0.25) is 0 Å². The molecule has 1 rings (SSSR count). The minimum Gasteiger partial charge on any atom is -0.378 e. The minimum absolute atomic E-state index is 1.20. The van der Waals surface area contributed by atoms with Gasteiger partial charge in [0.1, 0.15) is 0 Å². The second-order valence-corrected chi connectivity index (χ2v) is 2.09. The van der Waals surface area contributed by atoms with Crippen LogP contribution in [-0.4, -0.2) is 18.5 Å². The Bertz CT molecular complexity index is 86.2. The zero-order valence-electron chi connectivity index (χ0n) is 4.78. The maximum atomic E-state index is 3.86. The van der Waals surface area contributed by atoms with Crippen molar-refractivity contribution in [3.63, 3.8) is 0 Å². The van der Waals surface area contributed by atoms with E-state index in [1.165, 1.54) is 25.1 Å². The molecule has 1 saturated heterocycles. The summed E-state index contributed by atoms with van der Waals surface area (Å²) in [7, 11) is 2.09.